The number of nitrogens with zero attached hydrogens (tertiary/aromatic N) is 2. The summed E-state index contributed by atoms with van der Waals surface area (Å²) in [6, 6.07) is 7.79. The van der Waals surface area contributed by atoms with Crippen molar-refractivity contribution in [2.45, 2.75) is 25.8 Å². The zero-order valence-electron chi connectivity index (χ0n) is 10.8. The number of ether oxygens (including phenoxy) is 1. The van der Waals surface area contributed by atoms with Gasteiger partial charge in [-0.25, -0.2) is 0 Å². The quantitative estimate of drug-likeness (QED) is 0.891. The van der Waals surface area contributed by atoms with E-state index in [0.717, 1.165) is 11.3 Å². The van der Waals surface area contributed by atoms with Crippen molar-refractivity contribution in [3.8, 4) is 5.75 Å². The molecular weight excluding hydrogens is 230 g/mol. The van der Waals surface area contributed by atoms with E-state index in [0.29, 0.717) is 18.1 Å². The highest BCUT2D eigenvalue weighted by atomic mass is 16.5. The molecule has 2 N–H and O–H groups in total. The van der Waals surface area contributed by atoms with Crippen molar-refractivity contribution in [3.63, 3.8) is 0 Å². The van der Waals surface area contributed by atoms with Crippen LogP contribution in [-0.4, -0.2) is 17.3 Å². The summed E-state index contributed by atoms with van der Waals surface area (Å²) in [5.74, 6) is 1.88. The van der Waals surface area contributed by atoms with Gasteiger partial charge in [-0.05, 0) is 31.0 Å². The van der Waals surface area contributed by atoms with Crippen molar-refractivity contribution in [3.05, 3.63) is 41.5 Å². The Bertz CT molecular complexity index is 517. The Morgan fingerprint density at radius 2 is 2.00 bits per heavy atom. The molecule has 1 aromatic heterocycles. The highest BCUT2D eigenvalue weighted by molar-refractivity contribution is 5.28. The Morgan fingerprint density at radius 3 is 2.50 bits per heavy atom. The lowest BCUT2D eigenvalue weighted by molar-refractivity contribution is 0.363. The van der Waals surface area contributed by atoms with Gasteiger partial charge in [-0.15, -0.1) is 0 Å². The molecule has 0 saturated heterocycles. The lowest BCUT2D eigenvalue weighted by Crippen LogP contribution is -2.36. The third-order valence-electron chi connectivity index (χ3n) is 2.77. The SMILES string of the molecule is COc1ccc(CC(C)(N)c2noc(C)n2)cc1. The number of hydrogen-bond donors (Lipinski definition) is 1. The van der Waals surface area contributed by atoms with E-state index in [9.17, 15) is 0 Å². The molecule has 5 nitrogen and oxygen atoms in total. The Hall–Kier alpha value is -1.88. The van der Waals surface area contributed by atoms with Gasteiger partial charge < -0.3 is 15.0 Å². The fraction of sp³-hybridized carbons (Fsp3) is 0.385. The normalized spacial score (nSPS) is 14.2. The summed E-state index contributed by atoms with van der Waals surface area (Å²) in [5, 5.41) is 3.88. The summed E-state index contributed by atoms with van der Waals surface area (Å²) in [5.41, 5.74) is 6.69. The van der Waals surface area contributed by atoms with Crippen LogP contribution in [0.3, 0.4) is 0 Å². The summed E-state index contributed by atoms with van der Waals surface area (Å²) >= 11 is 0. The van der Waals surface area contributed by atoms with Gasteiger partial charge in [0.2, 0.25) is 5.89 Å². The number of nitrogens with two attached hydrogens (primary N) is 1. The van der Waals surface area contributed by atoms with E-state index in [-0.39, 0.29) is 0 Å². The van der Waals surface area contributed by atoms with Crippen molar-refractivity contribution in [1.29, 1.82) is 0 Å². The largest absolute Gasteiger partial charge is 0.497 e. The van der Waals surface area contributed by atoms with Gasteiger partial charge >= 0.3 is 0 Å². The van der Waals surface area contributed by atoms with E-state index in [1.807, 2.05) is 31.2 Å². The van der Waals surface area contributed by atoms with Crippen LogP contribution in [0, 0.1) is 6.92 Å². The second-order valence-electron chi connectivity index (χ2n) is 4.58. The summed E-state index contributed by atoms with van der Waals surface area (Å²) in [4.78, 5) is 4.18. The first kappa shape index (κ1) is 12.6. The van der Waals surface area contributed by atoms with Crippen LogP contribution in [0.4, 0.5) is 0 Å². The molecule has 0 radical (unpaired) electrons. The van der Waals surface area contributed by atoms with Crippen LogP contribution in [0.15, 0.2) is 28.8 Å². The van der Waals surface area contributed by atoms with Gasteiger partial charge in [0.05, 0.1) is 12.6 Å². The standard InChI is InChI=1S/C13H17N3O2/c1-9-15-12(16-18-9)13(2,14)8-10-4-6-11(17-3)7-5-10/h4-7H,8,14H2,1-3H3. The maximum Gasteiger partial charge on any atom is 0.223 e. The van der Waals surface area contributed by atoms with Crippen molar-refractivity contribution in [2.75, 3.05) is 7.11 Å². The summed E-state index contributed by atoms with van der Waals surface area (Å²) in [6.07, 6.45) is 0.635. The Morgan fingerprint density at radius 1 is 1.33 bits per heavy atom. The summed E-state index contributed by atoms with van der Waals surface area (Å²) in [7, 11) is 1.64. The highest BCUT2D eigenvalue weighted by Gasteiger charge is 2.27. The molecule has 1 atom stereocenters. The summed E-state index contributed by atoms with van der Waals surface area (Å²) in [6.45, 7) is 3.64. The lowest BCUT2D eigenvalue weighted by atomic mass is 9.93. The fourth-order valence-electron chi connectivity index (χ4n) is 1.78. The van der Waals surface area contributed by atoms with Gasteiger partial charge in [0.25, 0.3) is 0 Å². The molecule has 0 aliphatic rings. The van der Waals surface area contributed by atoms with Gasteiger partial charge in [-0.2, -0.15) is 4.98 Å². The van der Waals surface area contributed by atoms with Gasteiger partial charge in [-0.3, -0.25) is 0 Å². The van der Waals surface area contributed by atoms with E-state index in [1.165, 1.54) is 0 Å². The number of aryl methyl sites for hydroxylation is 1. The molecule has 2 aromatic rings. The van der Waals surface area contributed by atoms with Crippen molar-refractivity contribution >= 4 is 0 Å². The minimum atomic E-state index is -0.646. The third-order valence-corrected chi connectivity index (χ3v) is 2.77. The first-order valence-electron chi connectivity index (χ1n) is 5.74. The number of methoxy groups -OCH3 is 1. The molecule has 96 valence electrons. The van der Waals surface area contributed by atoms with Crippen LogP contribution >= 0.6 is 0 Å². The average Bonchev–Trinajstić information content (AvgIpc) is 2.77. The van der Waals surface area contributed by atoms with Crippen LogP contribution in [0.2, 0.25) is 0 Å². The molecule has 0 saturated carbocycles. The molecule has 1 aromatic carbocycles. The molecular formula is C13H17N3O2. The maximum atomic E-state index is 6.24. The maximum absolute atomic E-state index is 6.24. The average molecular weight is 247 g/mol. The minimum Gasteiger partial charge on any atom is -0.497 e. The molecule has 2 rings (SSSR count). The smallest absolute Gasteiger partial charge is 0.223 e. The molecule has 0 aliphatic carbocycles. The van der Waals surface area contributed by atoms with E-state index < -0.39 is 5.54 Å². The van der Waals surface area contributed by atoms with E-state index in [2.05, 4.69) is 10.1 Å². The van der Waals surface area contributed by atoms with Gasteiger partial charge in [0.1, 0.15) is 5.75 Å². The van der Waals surface area contributed by atoms with Crippen molar-refractivity contribution in [1.82, 2.24) is 10.1 Å². The zero-order valence-corrected chi connectivity index (χ0v) is 10.8. The van der Waals surface area contributed by atoms with Crippen molar-refractivity contribution in [2.24, 2.45) is 5.73 Å². The molecule has 0 aliphatic heterocycles. The third kappa shape index (κ3) is 2.68. The molecule has 0 fully saturated rings. The second kappa shape index (κ2) is 4.78. The molecule has 1 unspecified atom stereocenters. The fourth-order valence-corrected chi connectivity index (χ4v) is 1.78. The Balaban J connectivity index is 2.16. The van der Waals surface area contributed by atoms with Gasteiger partial charge in [-0.1, -0.05) is 17.3 Å². The van der Waals surface area contributed by atoms with Crippen LogP contribution in [0.1, 0.15) is 24.2 Å². The first-order chi connectivity index (χ1) is 8.51. The van der Waals surface area contributed by atoms with Gasteiger partial charge in [0.15, 0.2) is 5.82 Å². The van der Waals surface area contributed by atoms with E-state index in [4.69, 9.17) is 15.0 Å². The van der Waals surface area contributed by atoms with E-state index in [1.54, 1.807) is 14.0 Å². The second-order valence-corrected chi connectivity index (χ2v) is 4.58. The number of rotatable bonds is 4. The molecule has 1 heterocycles. The van der Waals surface area contributed by atoms with Crippen molar-refractivity contribution < 1.29 is 9.26 Å². The molecule has 0 bridgehead atoms. The van der Waals surface area contributed by atoms with Crippen LogP contribution in [-0.2, 0) is 12.0 Å². The van der Waals surface area contributed by atoms with Gasteiger partial charge in [0, 0.05) is 6.92 Å². The molecule has 5 heteroatoms. The molecule has 18 heavy (non-hydrogen) atoms. The summed E-state index contributed by atoms with van der Waals surface area (Å²) < 4.78 is 10.1. The lowest BCUT2D eigenvalue weighted by Gasteiger charge is -2.20. The predicted molar refractivity (Wildman–Crippen MR) is 67.3 cm³/mol. The molecule has 0 amide bonds. The Labute approximate surface area is 106 Å². The first-order valence-corrected chi connectivity index (χ1v) is 5.74. The van der Waals surface area contributed by atoms with E-state index >= 15 is 0 Å². The number of hydrogen-bond acceptors (Lipinski definition) is 5. The van der Waals surface area contributed by atoms with Crippen LogP contribution in [0.25, 0.3) is 0 Å². The molecule has 0 spiro atoms. The Kier molecular flexibility index (Phi) is 3.34. The highest BCUT2D eigenvalue weighted by Crippen LogP contribution is 2.21. The minimum absolute atomic E-state index is 0.524. The number of aromatic nitrogens is 2. The zero-order chi connectivity index (χ0) is 13.2. The van der Waals surface area contributed by atoms with Crippen LogP contribution < -0.4 is 10.5 Å². The topological polar surface area (TPSA) is 74.2 Å². The predicted octanol–water partition coefficient (Wildman–Crippen LogP) is 1.80. The van der Waals surface area contributed by atoms with Crippen LogP contribution in [0.5, 0.6) is 5.75 Å². The number of benzene rings is 1. The monoisotopic (exact) mass is 247 g/mol.